The maximum absolute atomic E-state index is 13.3. The molecule has 1 aromatic heterocycles. The molecule has 11 heteroatoms. The highest BCUT2D eigenvalue weighted by Gasteiger charge is 2.29. The van der Waals surface area contributed by atoms with Gasteiger partial charge in [-0.15, -0.1) is 0 Å². The van der Waals surface area contributed by atoms with Crippen molar-refractivity contribution in [2.24, 2.45) is 5.92 Å². The molecule has 1 unspecified atom stereocenters. The first-order chi connectivity index (χ1) is 20.2. The minimum absolute atomic E-state index is 0. The Bertz CT molecular complexity index is 1600. The number of carbonyl (C=O) groups is 2. The first-order valence-corrected chi connectivity index (χ1v) is 16.4. The summed E-state index contributed by atoms with van der Waals surface area (Å²) in [6.07, 6.45) is 4.84. The van der Waals surface area contributed by atoms with Gasteiger partial charge >= 0.3 is 0 Å². The van der Waals surface area contributed by atoms with Crippen LogP contribution in [0.15, 0.2) is 41.3 Å². The van der Waals surface area contributed by atoms with Crippen LogP contribution in [0.4, 0.5) is 5.69 Å². The minimum atomic E-state index is -1.42. The van der Waals surface area contributed by atoms with Crippen LogP contribution in [0.2, 0.25) is 10.0 Å². The maximum Gasteiger partial charge on any atom is 0.256 e. The monoisotopic (exact) mass is 642 g/mol. The molecule has 8 nitrogen and oxygen atoms in total. The summed E-state index contributed by atoms with van der Waals surface area (Å²) in [6, 6.07) is 10.5. The van der Waals surface area contributed by atoms with Gasteiger partial charge in [0.2, 0.25) is 5.91 Å². The van der Waals surface area contributed by atoms with E-state index in [-0.39, 0.29) is 23.0 Å². The molecule has 3 aliphatic rings. The van der Waals surface area contributed by atoms with Gasteiger partial charge in [0.1, 0.15) is 0 Å². The molecule has 2 aliphatic heterocycles. The fourth-order valence-electron chi connectivity index (χ4n) is 5.81. The first-order valence-electron chi connectivity index (χ1n) is 14.3. The zero-order valence-corrected chi connectivity index (χ0v) is 26.6. The summed E-state index contributed by atoms with van der Waals surface area (Å²) in [6.45, 7) is 8.55. The van der Waals surface area contributed by atoms with E-state index in [2.05, 4.69) is 15.2 Å². The van der Waals surface area contributed by atoms with Crippen molar-refractivity contribution in [2.45, 2.75) is 43.8 Å². The second-order valence-corrected chi connectivity index (χ2v) is 13.7. The van der Waals surface area contributed by atoms with Gasteiger partial charge in [-0.05, 0) is 80.1 Å². The van der Waals surface area contributed by atoms with Crippen LogP contribution in [0.5, 0.6) is 0 Å². The van der Waals surface area contributed by atoms with Crippen LogP contribution in [-0.4, -0.2) is 69.0 Å². The molecule has 0 bridgehead atoms. The van der Waals surface area contributed by atoms with E-state index in [9.17, 15) is 13.8 Å². The van der Waals surface area contributed by atoms with Gasteiger partial charge in [-0.25, -0.2) is 0 Å². The van der Waals surface area contributed by atoms with E-state index in [0.717, 1.165) is 54.6 Å². The van der Waals surface area contributed by atoms with E-state index >= 15 is 0 Å². The summed E-state index contributed by atoms with van der Waals surface area (Å²) < 4.78 is 13.3. The lowest BCUT2D eigenvalue weighted by Gasteiger charge is -2.35. The highest BCUT2D eigenvalue weighted by Crippen LogP contribution is 2.36. The number of rotatable bonds is 8. The zero-order chi connectivity index (χ0) is 29.5. The molecule has 1 saturated heterocycles. The Morgan fingerprint density at radius 3 is 2.42 bits per heavy atom. The number of amides is 2. The summed E-state index contributed by atoms with van der Waals surface area (Å²) in [5.41, 5.74) is 6.09. The van der Waals surface area contributed by atoms with E-state index in [1.165, 1.54) is 19.4 Å². The number of benzene rings is 2. The lowest BCUT2D eigenvalue weighted by molar-refractivity contribution is -0.132. The van der Waals surface area contributed by atoms with E-state index in [0.29, 0.717) is 43.7 Å². The number of nitrogens with zero attached hydrogens (tertiary/aromatic N) is 2. The Morgan fingerprint density at radius 2 is 1.74 bits per heavy atom. The van der Waals surface area contributed by atoms with E-state index in [1.807, 2.05) is 24.8 Å². The summed E-state index contributed by atoms with van der Waals surface area (Å²) in [4.78, 5) is 34.7. The average Bonchev–Trinajstić information content (AvgIpc) is 3.68. The standard InChI is InChI=1S/C32H34Cl2N4O3S.H2O/c1-19-23(16-31(39)38-12-10-37(11-13-38)17-21-6-7-21)20(2)35-30(19)15-25-24-14-22(8-9-29(24)36-32(25)40)42(41)18-26-27(33)4-3-5-28(26)34;/h3-5,8-9,14-15,21,35H,6-7,10-13,16-18H2,1-2H3,(H,36,40);1H2/b25-15-;. The Labute approximate surface area is 264 Å². The molecule has 2 aromatic carbocycles. The Balaban J connectivity index is 0.00000368. The number of H-pyrrole nitrogens is 1. The molecule has 1 aliphatic carbocycles. The lowest BCUT2D eigenvalue weighted by Crippen LogP contribution is -2.49. The van der Waals surface area contributed by atoms with Gasteiger partial charge in [-0.3, -0.25) is 18.7 Å². The number of piperazine rings is 1. The summed E-state index contributed by atoms with van der Waals surface area (Å²) in [5, 5.41) is 3.85. The van der Waals surface area contributed by atoms with E-state index in [1.54, 1.807) is 36.4 Å². The van der Waals surface area contributed by atoms with Crippen LogP contribution in [0.3, 0.4) is 0 Å². The van der Waals surface area contributed by atoms with Crippen LogP contribution in [0, 0.1) is 19.8 Å². The number of hydrogen-bond acceptors (Lipinski definition) is 4. The smallest absolute Gasteiger partial charge is 0.256 e. The van der Waals surface area contributed by atoms with E-state index < -0.39 is 10.8 Å². The Hall–Kier alpha value is -2.95. The fraction of sp³-hybridized carbons (Fsp3) is 0.375. The number of nitrogens with one attached hydrogen (secondary N) is 2. The molecule has 0 spiro atoms. The Morgan fingerprint density at radius 1 is 1.05 bits per heavy atom. The highest BCUT2D eigenvalue weighted by atomic mass is 35.5. The van der Waals surface area contributed by atoms with E-state index in [4.69, 9.17) is 23.2 Å². The van der Waals surface area contributed by atoms with Crippen molar-refractivity contribution in [1.82, 2.24) is 14.8 Å². The molecule has 0 radical (unpaired) electrons. The van der Waals surface area contributed by atoms with Crippen molar-refractivity contribution in [3.05, 3.63) is 80.1 Å². The SMILES string of the molecule is Cc1[nH]c(/C=C2\C(=O)Nc3ccc(S(=O)Cc4c(Cl)cccc4Cl)cc32)c(C)c1CC(=O)N1CCN(CC2CC2)CC1.O. The topological polar surface area (TPSA) is 117 Å². The second kappa shape index (κ2) is 13.0. The molecular formula is C32H36Cl2N4O4S. The Kier molecular flexibility index (Phi) is 9.49. The molecular weight excluding hydrogens is 607 g/mol. The van der Waals surface area contributed by atoms with Crippen molar-refractivity contribution in [3.63, 3.8) is 0 Å². The van der Waals surface area contributed by atoms with Crippen molar-refractivity contribution >= 4 is 63.2 Å². The number of hydrogen-bond donors (Lipinski definition) is 2. The fourth-order valence-corrected chi connectivity index (χ4v) is 7.71. The molecule has 2 amide bonds. The number of carbonyl (C=O) groups excluding carboxylic acids is 2. The number of aromatic nitrogens is 1. The van der Waals surface area contributed by atoms with Gasteiger partial charge in [-0.1, -0.05) is 29.3 Å². The molecule has 43 heavy (non-hydrogen) atoms. The molecule has 6 rings (SSSR count). The van der Waals surface area contributed by atoms with Crippen molar-refractivity contribution in [3.8, 4) is 0 Å². The number of aryl methyl sites for hydroxylation is 1. The number of fused-ring (bicyclic) bond motifs is 1. The molecule has 228 valence electrons. The van der Waals surface area contributed by atoms with Gasteiger partial charge in [0.25, 0.3) is 5.91 Å². The third-order valence-electron chi connectivity index (χ3n) is 8.56. The molecule has 4 N–H and O–H groups in total. The van der Waals surface area contributed by atoms with Gasteiger partial charge in [0.15, 0.2) is 0 Å². The number of anilines is 1. The van der Waals surface area contributed by atoms with Crippen LogP contribution in [0.1, 0.15) is 46.5 Å². The lowest BCUT2D eigenvalue weighted by atomic mass is 10.0. The van der Waals surface area contributed by atoms with Crippen molar-refractivity contribution < 1.29 is 19.3 Å². The molecule has 1 saturated carbocycles. The highest BCUT2D eigenvalue weighted by molar-refractivity contribution is 7.84. The average molecular weight is 644 g/mol. The quantitative estimate of drug-likeness (QED) is 0.336. The summed E-state index contributed by atoms with van der Waals surface area (Å²) >= 11 is 12.6. The third kappa shape index (κ3) is 6.76. The minimum Gasteiger partial charge on any atom is -0.412 e. The number of halogens is 2. The molecule has 3 heterocycles. The van der Waals surface area contributed by atoms with Gasteiger partial charge in [0.05, 0.1) is 28.5 Å². The molecule has 2 fully saturated rings. The summed E-state index contributed by atoms with van der Waals surface area (Å²) in [5.74, 6) is 0.940. The third-order valence-corrected chi connectivity index (χ3v) is 10.6. The molecule has 3 aromatic rings. The van der Waals surface area contributed by atoms with Crippen LogP contribution < -0.4 is 5.32 Å². The van der Waals surface area contributed by atoms with Gasteiger partial charge in [0, 0.05) is 75.9 Å². The molecule has 1 atom stereocenters. The van der Waals surface area contributed by atoms with Crippen LogP contribution in [0.25, 0.3) is 11.6 Å². The zero-order valence-electron chi connectivity index (χ0n) is 24.3. The summed E-state index contributed by atoms with van der Waals surface area (Å²) in [7, 11) is -1.42. The predicted molar refractivity (Wildman–Crippen MR) is 173 cm³/mol. The van der Waals surface area contributed by atoms with Crippen molar-refractivity contribution in [2.75, 3.05) is 38.0 Å². The van der Waals surface area contributed by atoms with Crippen molar-refractivity contribution in [1.29, 1.82) is 0 Å². The van der Waals surface area contributed by atoms with Crippen LogP contribution in [-0.2, 0) is 32.6 Å². The number of aromatic amines is 1. The van der Waals surface area contributed by atoms with Gasteiger partial charge < -0.3 is 20.7 Å². The predicted octanol–water partition coefficient (Wildman–Crippen LogP) is 5.01. The first kappa shape index (κ1) is 31.5. The largest absolute Gasteiger partial charge is 0.412 e. The normalized spacial score (nSPS) is 18.4. The van der Waals surface area contributed by atoms with Gasteiger partial charge in [-0.2, -0.15) is 0 Å². The second-order valence-electron chi connectivity index (χ2n) is 11.5. The van der Waals surface area contributed by atoms with Crippen LogP contribution >= 0.6 is 23.2 Å². The maximum atomic E-state index is 13.3.